The van der Waals surface area contributed by atoms with E-state index in [4.69, 9.17) is 17.0 Å². The zero-order chi connectivity index (χ0) is 9.42. The predicted molar refractivity (Wildman–Crippen MR) is 50.9 cm³/mol. The molecule has 3 saturated heterocycles. The molecule has 3 aliphatic rings. The van der Waals surface area contributed by atoms with E-state index in [2.05, 4.69) is 4.90 Å². The number of hydrogen-bond acceptors (Lipinski definition) is 3. The average Bonchev–Trinajstić information content (AvgIpc) is 2.18. The van der Waals surface area contributed by atoms with Gasteiger partial charge in [0.05, 0.1) is 6.04 Å². The summed E-state index contributed by atoms with van der Waals surface area (Å²) in [5.74, 6) is 6.36. The van der Waals surface area contributed by atoms with Crippen LogP contribution in [0, 0.1) is 11.3 Å². The Labute approximate surface area is 78.1 Å². The zero-order valence-electron chi connectivity index (χ0n) is 7.74. The highest BCUT2D eigenvalue weighted by Gasteiger charge is 2.37. The third-order valence-corrected chi connectivity index (χ3v) is 3.26. The zero-order valence-corrected chi connectivity index (χ0v) is 7.74. The summed E-state index contributed by atoms with van der Waals surface area (Å²) < 4.78 is 0. The molecule has 13 heavy (non-hydrogen) atoms. The molecule has 0 spiro atoms. The molecule has 3 rings (SSSR count). The van der Waals surface area contributed by atoms with Crippen LogP contribution >= 0.6 is 0 Å². The molecule has 0 aromatic carbocycles. The monoisotopic (exact) mass is 183 g/mol. The summed E-state index contributed by atoms with van der Waals surface area (Å²) in [5, 5.41) is 8.70. The first-order chi connectivity index (χ1) is 6.18. The van der Waals surface area contributed by atoms with Crippen LogP contribution < -0.4 is 11.6 Å². The molecule has 5 heteroatoms. The lowest BCUT2D eigenvalue weighted by Gasteiger charge is -2.47. The number of nitrogens with one attached hydrogen (secondary N) is 1. The standard InChI is InChI=1S/C8H17N5/c9-8(10)13(11)7-5-12-3-1-6(7)2-4-12/h6-7H,1-5,11H2,(H3,9,10)/t7-/m1/s1. The maximum absolute atomic E-state index is 7.28. The number of rotatable bonds is 1. The van der Waals surface area contributed by atoms with Gasteiger partial charge >= 0.3 is 0 Å². The molecule has 0 radical (unpaired) electrons. The van der Waals surface area contributed by atoms with Crippen LogP contribution in [0.2, 0.25) is 0 Å². The number of guanidine groups is 1. The van der Waals surface area contributed by atoms with Crippen LogP contribution in [0.25, 0.3) is 0 Å². The van der Waals surface area contributed by atoms with Crippen molar-refractivity contribution < 1.29 is 0 Å². The molecule has 0 unspecified atom stereocenters. The van der Waals surface area contributed by atoms with Crippen LogP contribution in [0.5, 0.6) is 0 Å². The van der Waals surface area contributed by atoms with Crippen molar-refractivity contribution in [3.05, 3.63) is 0 Å². The molecule has 3 heterocycles. The molecule has 5 N–H and O–H groups in total. The van der Waals surface area contributed by atoms with Gasteiger partial charge in [0, 0.05) is 6.54 Å². The van der Waals surface area contributed by atoms with Crippen LogP contribution in [-0.2, 0) is 0 Å². The second-order valence-corrected chi connectivity index (χ2v) is 4.00. The van der Waals surface area contributed by atoms with Crippen molar-refractivity contribution in [2.75, 3.05) is 19.6 Å². The highest BCUT2D eigenvalue weighted by Crippen LogP contribution is 2.29. The molecule has 3 aliphatic heterocycles. The van der Waals surface area contributed by atoms with Gasteiger partial charge in [-0.2, -0.15) is 0 Å². The lowest BCUT2D eigenvalue weighted by molar-refractivity contribution is 0.0331. The number of hydrazine groups is 1. The van der Waals surface area contributed by atoms with Gasteiger partial charge in [0.2, 0.25) is 5.96 Å². The van der Waals surface area contributed by atoms with Crippen molar-refractivity contribution in [2.24, 2.45) is 17.5 Å². The fraction of sp³-hybridized carbons (Fsp3) is 0.875. The van der Waals surface area contributed by atoms with Gasteiger partial charge in [-0.05, 0) is 31.8 Å². The molecule has 5 nitrogen and oxygen atoms in total. The Morgan fingerprint density at radius 2 is 2.00 bits per heavy atom. The number of nitrogens with zero attached hydrogens (tertiary/aromatic N) is 2. The van der Waals surface area contributed by atoms with Crippen LogP contribution in [0.3, 0.4) is 0 Å². The van der Waals surface area contributed by atoms with Crippen LogP contribution in [0.4, 0.5) is 0 Å². The van der Waals surface area contributed by atoms with Crippen molar-refractivity contribution in [2.45, 2.75) is 18.9 Å². The quantitative estimate of drug-likeness (QED) is 0.214. The summed E-state index contributed by atoms with van der Waals surface area (Å²) in [6.07, 6.45) is 2.40. The molecular weight excluding hydrogens is 166 g/mol. The van der Waals surface area contributed by atoms with Crippen molar-refractivity contribution in [1.82, 2.24) is 9.91 Å². The maximum atomic E-state index is 7.28. The minimum Gasteiger partial charge on any atom is -0.369 e. The van der Waals surface area contributed by atoms with Crippen molar-refractivity contribution in [3.8, 4) is 0 Å². The van der Waals surface area contributed by atoms with E-state index in [9.17, 15) is 0 Å². The van der Waals surface area contributed by atoms with E-state index in [-0.39, 0.29) is 12.0 Å². The fourth-order valence-electron chi connectivity index (χ4n) is 2.43. The average molecular weight is 183 g/mol. The Morgan fingerprint density at radius 3 is 2.38 bits per heavy atom. The SMILES string of the molecule is N=C(N)N(N)[C@@H]1CN2CCC1CC2. The van der Waals surface area contributed by atoms with Gasteiger partial charge in [0.25, 0.3) is 0 Å². The summed E-state index contributed by atoms with van der Waals surface area (Å²) in [7, 11) is 0. The van der Waals surface area contributed by atoms with E-state index in [0.29, 0.717) is 5.92 Å². The van der Waals surface area contributed by atoms with Crippen LogP contribution in [0.1, 0.15) is 12.8 Å². The predicted octanol–water partition coefficient (Wildman–Crippen LogP) is -0.850. The minimum absolute atomic E-state index is 0.0150. The molecule has 3 fully saturated rings. The number of piperidine rings is 3. The molecule has 0 saturated carbocycles. The molecule has 74 valence electrons. The second kappa shape index (κ2) is 3.16. The summed E-state index contributed by atoms with van der Waals surface area (Å²) in [6.45, 7) is 3.35. The molecule has 1 atom stereocenters. The van der Waals surface area contributed by atoms with E-state index in [1.165, 1.54) is 30.9 Å². The van der Waals surface area contributed by atoms with E-state index in [0.717, 1.165) is 6.54 Å². The summed E-state index contributed by atoms with van der Waals surface area (Å²) >= 11 is 0. The number of nitrogens with two attached hydrogens (primary N) is 2. The molecule has 0 aromatic rings. The van der Waals surface area contributed by atoms with Gasteiger partial charge in [-0.3, -0.25) is 10.4 Å². The number of fused-ring (bicyclic) bond motifs is 3. The van der Waals surface area contributed by atoms with Crippen LogP contribution in [-0.4, -0.2) is 41.5 Å². The van der Waals surface area contributed by atoms with Crippen LogP contribution in [0.15, 0.2) is 0 Å². The summed E-state index contributed by atoms with van der Waals surface area (Å²) in [6, 6.07) is 0.264. The first-order valence-electron chi connectivity index (χ1n) is 4.79. The summed E-state index contributed by atoms with van der Waals surface area (Å²) in [5.41, 5.74) is 5.36. The Balaban J connectivity index is 2.04. The Hall–Kier alpha value is -0.810. The number of hydrogen-bond donors (Lipinski definition) is 3. The Kier molecular flexibility index (Phi) is 2.13. The van der Waals surface area contributed by atoms with Gasteiger partial charge in [0.1, 0.15) is 0 Å². The highest BCUT2D eigenvalue weighted by atomic mass is 15.5. The van der Waals surface area contributed by atoms with Crippen molar-refractivity contribution >= 4 is 5.96 Å². The van der Waals surface area contributed by atoms with Crippen molar-refractivity contribution in [3.63, 3.8) is 0 Å². The normalized spacial score (nSPS) is 37.5. The van der Waals surface area contributed by atoms with Gasteiger partial charge in [-0.25, -0.2) is 5.84 Å². The Morgan fingerprint density at radius 1 is 1.38 bits per heavy atom. The lowest BCUT2D eigenvalue weighted by Crippen LogP contribution is -2.62. The second-order valence-electron chi connectivity index (χ2n) is 4.00. The first-order valence-corrected chi connectivity index (χ1v) is 4.79. The molecule has 0 amide bonds. The lowest BCUT2D eigenvalue weighted by atomic mass is 9.84. The largest absolute Gasteiger partial charge is 0.369 e. The molecule has 0 aromatic heterocycles. The Bertz CT molecular complexity index is 209. The molecule has 0 aliphatic carbocycles. The van der Waals surface area contributed by atoms with Gasteiger partial charge in [0.15, 0.2) is 0 Å². The third-order valence-electron chi connectivity index (χ3n) is 3.26. The van der Waals surface area contributed by atoms with Gasteiger partial charge < -0.3 is 10.6 Å². The highest BCUT2D eigenvalue weighted by molar-refractivity contribution is 5.74. The fourth-order valence-corrected chi connectivity index (χ4v) is 2.43. The molecule has 2 bridgehead atoms. The third kappa shape index (κ3) is 1.49. The topological polar surface area (TPSA) is 82.4 Å². The maximum Gasteiger partial charge on any atom is 0.203 e. The van der Waals surface area contributed by atoms with Gasteiger partial charge in [-0.1, -0.05) is 0 Å². The van der Waals surface area contributed by atoms with E-state index >= 15 is 0 Å². The van der Waals surface area contributed by atoms with E-state index in [1.807, 2.05) is 0 Å². The smallest absolute Gasteiger partial charge is 0.203 e. The molecular formula is C8H17N5. The van der Waals surface area contributed by atoms with E-state index in [1.54, 1.807) is 0 Å². The minimum atomic E-state index is -0.0150. The van der Waals surface area contributed by atoms with Crippen molar-refractivity contribution in [1.29, 1.82) is 5.41 Å². The van der Waals surface area contributed by atoms with E-state index < -0.39 is 0 Å². The van der Waals surface area contributed by atoms with Gasteiger partial charge in [-0.15, -0.1) is 0 Å². The summed E-state index contributed by atoms with van der Waals surface area (Å²) in [4.78, 5) is 2.40. The first kappa shape index (κ1) is 8.77.